The van der Waals surface area contributed by atoms with Crippen LogP contribution < -0.4 is 4.74 Å². The minimum absolute atomic E-state index is 0.0509. The zero-order chi connectivity index (χ0) is 25.3. The van der Waals surface area contributed by atoms with Crippen molar-refractivity contribution in [2.24, 2.45) is 0 Å². The maximum Gasteiger partial charge on any atom is 0.122 e. The number of hydrogen-bond acceptors (Lipinski definition) is 3. The van der Waals surface area contributed by atoms with Gasteiger partial charge in [0.25, 0.3) is 0 Å². The molecular formula is C32H43NO2. The van der Waals surface area contributed by atoms with E-state index in [0.29, 0.717) is 13.0 Å². The summed E-state index contributed by atoms with van der Waals surface area (Å²) in [6.45, 7) is 9.51. The first-order valence-corrected chi connectivity index (χ1v) is 13.5. The topological polar surface area (TPSA) is 53.2 Å². The molecule has 1 saturated carbocycles. The van der Waals surface area contributed by atoms with E-state index >= 15 is 0 Å². The molecule has 1 aliphatic rings. The average Bonchev–Trinajstić information content (AvgIpc) is 2.86. The molecule has 0 unspecified atom stereocenters. The van der Waals surface area contributed by atoms with Crippen molar-refractivity contribution in [3.63, 3.8) is 0 Å². The van der Waals surface area contributed by atoms with Crippen molar-refractivity contribution in [3.05, 3.63) is 70.3 Å². The largest absolute Gasteiger partial charge is 0.493 e. The predicted molar refractivity (Wildman–Crippen MR) is 146 cm³/mol. The molecule has 3 rings (SSSR count). The minimum Gasteiger partial charge on any atom is -0.493 e. The Morgan fingerprint density at radius 2 is 1.63 bits per heavy atom. The van der Waals surface area contributed by atoms with E-state index in [9.17, 15) is 5.11 Å². The van der Waals surface area contributed by atoms with Gasteiger partial charge in [0.1, 0.15) is 5.75 Å². The van der Waals surface area contributed by atoms with Gasteiger partial charge in [-0.15, -0.1) is 0 Å². The van der Waals surface area contributed by atoms with E-state index in [1.54, 1.807) is 0 Å². The van der Waals surface area contributed by atoms with Gasteiger partial charge < -0.3 is 9.84 Å². The third-order valence-electron chi connectivity index (χ3n) is 7.99. The van der Waals surface area contributed by atoms with Gasteiger partial charge in [0, 0.05) is 11.8 Å². The highest BCUT2D eigenvalue weighted by atomic mass is 16.5. The fourth-order valence-corrected chi connectivity index (χ4v) is 5.57. The van der Waals surface area contributed by atoms with Crippen molar-refractivity contribution >= 4 is 6.08 Å². The zero-order valence-corrected chi connectivity index (χ0v) is 22.2. The molecule has 1 N–H and O–H groups in total. The lowest BCUT2D eigenvalue weighted by atomic mass is 9.70. The van der Waals surface area contributed by atoms with Crippen molar-refractivity contribution < 1.29 is 9.84 Å². The highest BCUT2D eigenvalue weighted by Gasteiger charge is 2.31. The Labute approximate surface area is 212 Å². The normalized spacial score (nSPS) is 15.8. The molecular weight excluding hydrogens is 430 g/mol. The smallest absolute Gasteiger partial charge is 0.122 e. The van der Waals surface area contributed by atoms with Gasteiger partial charge in [-0.1, -0.05) is 75.6 Å². The molecule has 0 saturated heterocycles. The Hall–Kier alpha value is -2.57. The highest BCUT2D eigenvalue weighted by Crippen LogP contribution is 2.41. The van der Waals surface area contributed by atoms with E-state index in [1.807, 2.05) is 6.08 Å². The van der Waals surface area contributed by atoms with Crippen LogP contribution in [0.2, 0.25) is 0 Å². The molecule has 3 heteroatoms. The van der Waals surface area contributed by atoms with Crippen LogP contribution in [0, 0.1) is 25.2 Å². The van der Waals surface area contributed by atoms with Gasteiger partial charge in [-0.05, 0) is 86.3 Å². The van der Waals surface area contributed by atoms with Gasteiger partial charge in [0.05, 0.1) is 18.3 Å². The summed E-state index contributed by atoms with van der Waals surface area (Å²) in [7, 11) is 0. The first-order valence-electron chi connectivity index (χ1n) is 13.5. The predicted octanol–water partition coefficient (Wildman–Crippen LogP) is 8.19. The summed E-state index contributed by atoms with van der Waals surface area (Å²) < 4.78 is 6.01. The first kappa shape index (κ1) is 27.0. The maximum atomic E-state index is 10.9. The molecule has 0 bridgehead atoms. The molecule has 0 aromatic heterocycles. The number of unbranched alkanes of at least 4 members (excludes halogenated alkanes) is 2. The van der Waals surface area contributed by atoms with E-state index < -0.39 is 5.60 Å². The van der Waals surface area contributed by atoms with Gasteiger partial charge >= 0.3 is 0 Å². The molecule has 1 aliphatic carbocycles. The summed E-state index contributed by atoms with van der Waals surface area (Å²) in [6.07, 6.45) is 13.8. The molecule has 2 aromatic rings. The number of benzene rings is 2. The second-order valence-corrected chi connectivity index (χ2v) is 10.3. The van der Waals surface area contributed by atoms with E-state index in [-0.39, 0.29) is 5.41 Å². The van der Waals surface area contributed by atoms with Crippen molar-refractivity contribution in [1.82, 2.24) is 0 Å². The molecule has 0 atom stereocenters. The SMILES string of the molecule is CCC(CC)(c1ccc(/C=C/C2(O)CCCCC2)c(C)c1)c1ccc(OCCCCC#N)c(C)c1. The third-order valence-corrected chi connectivity index (χ3v) is 7.99. The van der Waals surface area contributed by atoms with E-state index in [2.05, 4.69) is 76.2 Å². The lowest BCUT2D eigenvalue weighted by Crippen LogP contribution is -2.28. The number of nitriles is 1. The van der Waals surface area contributed by atoms with Gasteiger partial charge in [-0.3, -0.25) is 0 Å². The monoisotopic (exact) mass is 473 g/mol. The van der Waals surface area contributed by atoms with Gasteiger partial charge in [-0.2, -0.15) is 5.26 Å². The summed E-state index contributed by atoms with van der Waals surface area (Å²) in [5.74, 6) is 0.934. The molecule has 2 aromatic carbocycles. The van der Waals surface area contributed by atoms with Crippen LogP contribution in [0.3, 0.4) is 0 Å². The number of nitrogens with zero attached hydrogens (tertiary/aromatic N) is 1. The highest BCUT2D eigenvalue weighted by molar-refractivity contribution is 5.57. The zero-order valence-electron chi connectivity index (χ0n) is 22.2. The van der Waals surface area contributed by atoms with E-state index in [0.717, 1.165) is 62.7 Å². The summed E-state index contributed by atoms with van der Waals surface area (Å²) in [5, 5.41) is 19.6. The molecule has 0 heterocycles. The Morgan fingerprint density at radius 3 is 2.23 bits per heavy atom. The summed E-state index contributed by atoms with van der Waals surface area (Å²) >= 11 is 0. The van der Waals surface area contributed by atoms with Crippen LogP contribution in [0.25, 0.3) is 6.08 Å². The third kappa shape index (κ3) is 6.56. The molecule has 188 valence electrons. The van der Waals surface area contributed by atoms with Crippen LogP contribution in [0.1, 0.15) is 106 Å². The summed E-state index contributed by atoms with van der Waals surface area (Å²) in [6, 6.07) is 15.7. The van der Waals surface area contributed by atoms with Crippen LogP contribution in [-0.4, -0.2) is 17.3 Å². The van der Waals surface area contributed by atoms with Crippen LogP contribution in [0.5, 0.6) is 5.75 Å². The minimum atomic E-state index is -0.642. The molecule has 35 heavy (non-hydrogen) atoms. The Morgan fingerprint density at radius 1 is 0.971 bits per heavy atom. The molecule has 0 amide bonds. The van der Waals surface area contributed by atoms with Crippen LogP contribution in [-0.2, 0) is 5.41 Å². The Bertz CT molecular complexity index is 1040. The van der Waals surface area contributed by atoms with Gasteiger partial charge in [0.2, 0.25) is 0 Å². The van der Waals surface area contributed by atoms with Crippen LogP contribution >= 0.6 is 0 Å². The number of hydrogen-bond donors (Lipinski definition) is 1. The first-order chi connectivity index (χ1) is 16.9. The Balaban J connectivity index is 1.82. The van der Waals surface area contributed by atoms with Crippen LogP contribution in [0.4, 0.5) is 0 Å². The van der Waals surface area contributed by atoms with E-state index in [1.165, 1.54) is 28.7 Å². The second-order valence-electron chi connectivity index (χ2n) is 10.3. The average molecular weight is 474 g/mol. The molecule has 0 aliphatic heterocycles. The number of aryl methyl sites for hydroxylation is 2. The molecule has 0 radical (unpaired) electrons. The summed E-state index contributed by atoms with van der Waals surface area (Å²) in [5.41, 5.74) is 5.57. The number of ether oxygens (including phenoxy) is 1. The lowest BCUT2D eigenvalue weighted by Gasteiger charge is -2.34. The fourth-order valence-electron chi connectivity index (χ4n) is 5.57. The lowest BCUT2D eigenvalue weighted by molar-refractivity contribution is 0.0521. The molecule has 3 nitrogen and oxygen atoms in total. The van der Waals surface area contributed by atoms with Gasteiger partial charge in [0.15, 0.2) is 0 Å². The quantitative estimate of drug-likeness (QED) is 0.335. The van der Waals surface area contributed by atoms with Crippen molar-refractivity contribution in [3.8, 4) is 11.8 Å². The Kier molecular flexibility index (Phi) is 9.58. The van der Waals surface area contributed by atoms with Crippen molar-refractivity contribution in [1.29, 1.82) is 5.26 Å². The number of aliphatic hydroxyl groups is 1. The summed E-state index contributed by atoms with van der Waals surface area (Å²) in [4.78, 5) is 0. The van der Waals surface area contributed by atoms with Crippen LogP contribution in [0.15, 0.2) is 42.5 Å². The second kappa shape index (κ2) is 12.4. The number of rotatable bonds is 11. The standard InChI is InChI=1S/C32H43NO2/c1-5-32(6-2,29-15-16-30(26(4)24-29)35-22-12-8-11-21-33)28-14-13-27(25(3)23-28)17-20-31(34)18-9-7-10-19-31/h13-17,20,23-24,34H,5-12,18-19,22H2,1-4H3/b20-17+. The van der Waals surface area contributed by atoms with Crippen molar-refractivity contribution in [2.45, 2.75) is 103 Å². The van der Waals surface area contributed by atoms with Gasteiger partial charge in [-0.25, -0.2) is 0 Å². The molecule has 1 fully saturated rings. The maximum absolute atomic E-state index is 10.9. The van der Waals surface area contributed by atoms with Crippen molar-refractivity contribution in [2.75, 3.05) is 6.61 Å². The van der Waals surface area contributed by atoms with E-state index in [4.69, 9.17) is 10.00 Å². The molecule has 0 spiro atoms. The fraction of sp³-hybridized carbons (Fsp3) is 0.531.